The van der Waals surface area contributed by atoms with Gasteiger partial charge in [0.1, 0.15) is 11.9 Å². The zero-order valence-corrected chi connectivity index (χ0v) is 14.8. The summed E-state index contributed by atoms with van der Waals surface area (Å²) in [7, 11) is 0. The Morgan fingerprint density at radius 2 is 1.84 bits per heavy atom. The van der Waals surface area contributed by atoms with E-state index in [2.05, 4.69) is 21.1 Å². The predicted octanol–water partition coefficient (Wildman–Crippen LogP) is 0.366. The van der Waals surface area contributed by atoms with Gasteiger partial charge in [-0.15, -0.1) is 0 Å². The maximum Gasteiger partial charge on any atom is 0.278 e. The van der Waals surface area contributed by atoms with Crippen molar-refractivity contribution in [3.8, 4) is 0 Å². The third kappa shape index (κ3) is 4.19. The third-order valence-corrected chi connectivity index (χ3v) is 4.66. The van der Waals surface area contributed by atoms with Crippen molar-refractivity contribution in [2.45, 2.75) is 18.9 Å². The first kappa shape index (κ1) is 17.9. The van der Waals surface area contributed by atoms with Crippen LogP contribution in [-0.2, 0) is 4.79 Å². The quantitative estimate of drug-likeness (QED) is 0.566. The van der Waals surface area contributed by atoms with E-state index in [0.29, 0.717) is 5.70 Å². The Kier molecular flexibility index (Phi) is 5.70. The molecule has 1 fully saturated rings. The molecule has 1 aromatic carbocycles. The SMILES string of the molecule is O=C(NC1CCNCC1)C1=N[NH2+]C=C1NC(=O)c1c(Cl)cccc1Cl. The first-order valence-corrected chi connectivity index (χ1v) is 8.70. The number of nitrogens with two attached hydrogens (primary N) is 1. The molecule has 0 spiro atoms. The highest BCUT2D eigenvalue weighted by molar-refractivity contribution is 6.46. The van der Waals surface area contributed by atoms with Gasteiger partial charge in [-0.1, -0.05) is 34.4 Å². The van der Waals surface area contributed by atoms with E-state index in [1.54, 1.807) is 24.4 Å². The number of nitrogens with zero attached hydrogens (tertiary/aromatic N) is 1. The van der Waals surface area contributed by atoms with Gasteiger partial charge in [0, 0.05) is 6.04 Å². The number of quaternary nitrogens is 1. The molecule has 2 aliphatic heterocycles. The maximum atomic E-state index is 12.5. The maximum absolute atomic E-state index is 12.5. The summed E-state index contributed by atoms with van der Waals surface area (Å²) >= 11 is 12.1. The van der Waals surface area contributed by atoms with Crippen LogP contribution in [-0.4, -0.2) is 36.7 Å². The molecule has 1 aromatic rings. The van der Waals surface area contributed by atoms with Crippen LogP contribution in [0.15, 0.2) is 35.2 Å². The summed E-state index contributed by atoms with van der Waals surface area (Å²) in [5.41, 5.74) is 2.14. The minimum absolute atomic E-state index is 0.104. The molecule has 2 aliphatic rings. The summed E-state index contributed by atoms with van der Waals surface area (Å²) in [6, 6.07) is 4.92. The van der Waals surface area contributed by atoms with Crippen molar-refractivity contribution < 1.29 is 15.0 Å². The summed E-state index contributed by atoms with van der Waals surface area (Å²) in [6.07, 6.45) is 3.30. The molecule has 0 unspecified atom stereocenters. The molecule has 0 atom stereocenters. The van der Waals surface area contributed by atoms with Gasteiger partial charge in [0.05, 0.1) is 15.6 Å². The van der Waals surface area contributed by atoms with E-state index in [1.807, 2.05) is 0 Å². The number of rotatable bonds is 4. The first-order chi connectivity index (χ1) is 12.1. The predicted molar refractivity (Wildman–Crippen MR) is 95.4 cm³/mol. The van der Waals surface area contributed by atoms with Crippen LogP contribution in [0.2, 0.25) is 10.0 Å². The van der Waals surface area contributed by atoms with Gasteiger partial charge in [0.2, 0.25) is 5.71 Å². The Morgan fingerprint density at radius 1 is 1.16 bits per heavy atom. The Labute approximate surface area is 154 Å². The highest BCUT2D eigenvalue weighted by Crippen LogP contribution is 2.24. The number of amides is 2. The smallest absolute Gasteiger partial charge is 0.278 e. The van der Waals surface area contributed by atoms with Crippen molar-refractivity contribution in [3.05, 3.63) is 45.7 Å². The van der Waals surface area contributed by atoms with E-state index in [1.165, 1.54) is 5.43 Å². The topological polar surface area (TPSA) is 99.2 Å². The Morgan fingerprint density at radius 3 is 2.52 bits per heavy atom. The lowest BCUT2D eigenvalue weighted by atomic mass is 10.1. The molecule has 5 N–H and O–H groups in total. The highest BCUT2D eigenvalue weighted by atomic mass is 35.5. The molecule has 0 bridgehead atoms. The molecule has 1 saturated heterocycles. The standard InChI is InChI=1S/C16H17Cl2N5O2/c17-10-2-1-3-11(18)13(10)15(24)22-12-8-20-23-14(12)16(25)21-9-4-6-19-7-5-9/h1-3,8-9,19H,4-7H2,(H,20,23)(H,21,25)(H,22,24)/p+1. The van der Waals surface area contributed by atoms with Crippen molar-refractivity contribution in [2.75, 3.05) is 13.1 Å². The van der Waals surface area contributed by atoms with Crippen molar-refractivity contribution in [1.82, 2.24) is 16.0 Å². The molecule has 25 heavy (non-hydrogen) atoms. The largest absolute Gasteiger partial charge is 0.348 e. The molecular weight excluding hydrogens is 365 g/mol. The highest BCUT2D eigenvalue weighted by Gasteiger charge is 2.28. The Hall–Kier alpha value is -1.93. The number of hydrogen-bond acceptors (Lipinski definition) is 4. The zero-order chi connectivity index (χ0) is 17.8. The Bertz CT molecular complexity index is 737. The van der Waals surface area contributed by atoms with E-state index in [9.17, 15) is 9.59 Å². The van der Waals surface area contributed by atoms with Crippen molar-refractivity contribution in [2.24, 2.45) is 5.10 Å². The van der Waals surface area contributed by atoms with Crippen molar-refractivity contribution in [1.29, 1.82) is 0 Å². The lowest BCUT2D eigenvalue weighted by Gasteiger charge is -2.23. The van der Waals surface area contributed by atoms with E-state index >= 15 is 0 Å². The van der Waals surface area contributed by atoms with Gasteiger partial charge in [-0.2, -0.15) is 5.43 Å². The van der Waals surface area contributed by atoms with Crippen LogP contribution in [0, 0.1) is 0 Å². The monoisotopic (exact) mass is 382 g/mol. The van der Waals surface area contributed by atoms with Crippen LogP contribution in [0.5, 0.6) is 0 Å². The van der Waals surface area contributed by atoms with Crippen molar-refractivity contribution >= 4 is 40.7 Å². The molecule has 0 saturated carbocycles. The molecule has 3 rings (SSSR count). The fourth-order valence-corrected chi connectivity index (χ4v) is 3.31. The van der Waals surface area contributed by atoms with Gasteiger partial charge < -0.3 is 16.0 Å². The van der Waals surface area contributed by atoms with Gasteiger partial charge in [0.25, 0.3) is 11.8 Å². The summed E-state index contributed by atoms with van der Waals surface area (Å²) in [6.45, 7) is 1.74. The van der Waals surface area contributed by atoms with Crippen LogP contribution in [0.25, 0.3) is 0 Å². The summed E-state index contributed by atoms with van der Waals surface area (Å²) in [4.78, 5) is 24.9. The number of halogens is 2. The van der Waals surface area contributed by atoms with Gasteiger partial charge >= 0.3 is 0 Å². The number of hydrogen-bond donors (Lipinski definition) is 4. The van der Waals surface area contributed by atoms with E-state index in [0.717, 1.165) is 25.9 Å². The van der Waals surface area contributed by atoms with Crippen LogP contribution in [0.4, 0.5) is 0 Å². The average Bonchev–Trinajstić information content (AvgIpc) is 3.04. The molecule has 9 heteroatoms. The minimum Gasteiger partial charge on any atom is -0.348 e. The summed E-state index contributed by atoms with van der Waals surface area (Å²) in [5, 5.41) is 13.4. The van der Waals surface area contributed by atoms with Gasteiger partial charge in [-0.05, 0) is 38.1 Å². The number of nitrogens with one attached hydrogen (secondary N) is 3. The summed E-state index contributed by atoms with van der Waals surface area (Å²) < 4.78 is 0. The van der Waals surface area contributed by atoms with Gasteiger partial charge in [-0.3, -0.25) is 9.59 Å². The lowest BCUT2D eigenvalue weighted by molar-refractivity contribution is -0.590. The molecule has 0 radical (unpaired) electrons. The summed E-state index contributed by atoms with van der Waals surface area (Å²) in [5.74, 6) is -0.794. The van der Waals surface area contributed by atoms with E-state index < -0.39 is 5.91 Å². The molecule has 2 heterocycles. The molecule has 2 amide bonds. The van der Waals surface area contributed by atoms with Gasteiger partial charge in [-0.25, -0.2) is 0 Å². The fourth-order valence-electron chi connectivity index (χ4n) is 2.74. The zero-order valence-electron chi connectivity index (χ0n) is 13.3. The number of piperidine rings is 1. The molecule has 7 nitrogen and oxygen atoms in total. The van der Waals surface area contributed by atoms with Crippen molar-refractivity contribution in [3.63, 3.8) is 0 Å². The molecule has 0 aliphatic carbocycles. The molecular formula is C16H18Cl2N5O2+. The second-order valence-electron chi connectivity index (χ2n) is 5.76. The Balaban J connectivity index is 1.67. The van der Waals surface area contributed by atoms with Crippen LogP contribution >= 0.6 is 23.2 Å². The lowest BCUT2D eigenvalue weighted by Crippen LogP contribution is -2.69. The van der Waals surface area contributed by atoms with E-state index in [-0.39, 0.29) is 33.3 Å². The second kappa shape index (κ2) is 7.97. The number of carbonyl (C=O) groups excluding carboxylic acids is 2. The second-order valence-corrected chi connectivity index (χ2v) is 6.57. The average molecular weight is 383 g/mol. The van der Waals surface area contributed by atoms with Crippen LogP contribution < -0.4 is 21.4 Å². The molecule has 132 valence electrons. The fraction of sp³-hybridized carbons (Fsp3) is 0.312. The normalized spacial score (nSPS) is 17.7. The van der Waals surface area contributed by atoms with Crippen LogP contribution in [0.3, 0.4) is 0 Å². The molecule has 0 aromatic heterocycles. The first-order valence-electron chi connectivity index (χ1n) is 7.95. The van der Waals surface area contributed by atoms with Crippen LogP contribution in [0.1, 0.15) is 23.2 Å². The minimum atomic E-state index is -0.487. The number of carbonyl (C=O) groups is 2. The van der Waals surface area contributed by atoms with Gasteiger partial charge in [0.15, 0.2) is 0 Å². The number of benzene rings is 1. The van der Waals surface area contributed by atoms with E-state index in [4.69, 9.17) is 23.2 Å². The third-order valence-electron chi connectivity index (χ3n) is 4.03.